The Kier molecular flexibility index (Phi) is 5.32. The molecular weight excluding hydrogens is 218 g/mol. The third kappa shape index (κ3) is 3.51. The number of thioether (sulfide) groups is 1. The van der Waals surface area contributed by atoms with E-state index >= 15 is 0 Å². The van der Waals surface area contributed by atoms with Gasteiger partial charge in [-0.05, 0) is 32.5 Å². The van der Waals surface area contributed by atoms with Crippen LogP contribution in [0.5, 0.6) is 0 Å². The van der Waals surface area contributed by atoms with E-state index in [1.165, 1.54) is 10.5 Å². The molecule has 1 aromatic carbocycles. The second-order valence-electron chi connectivity index (χ2n) is 4.11. The highest BCUT2D eigenvalue weighted by Gasteiger charge is 2.14. The van der Waals surface area contributed by atoms with E-state index in [0.29, 0.717) is 6.04 Å². The highest BCUT2D eigenvalue weighted by Crippen LogP contribution is 2.31. The van der Waals surface area contributed by atoms with E-state index in [0.717, 1.165) is 0 Å². The summed E-state index contributed by atoms with van der Waals surface area (Å²) in [5.74, 6) is 0. The fourth-order valence-corrected chi connectivity index (χ4v) is 2.54. The van der Waals surface area contributed by atoms with Gasteiger partial charge >= 0.3 is 0 Å². The molecule has 0 amide bonds. The first-order valence-electron chi connectivity index (χ1n) is 5.67. The summed E-state index contributed by atoms with van der Waals surface area (Å²) >= 11 is 1.73. The summed E-state index contributed by atoms with van der Waals surface area (Å²) in [6, 6.07) is 8.69. The van der Waals surface area contributed by atoms with Crippen molar-refractivity contribution in [3.8, 4) is 0 Å². The van der Waals surface area contributed by atoms with Gasteiger partial charge in [-0.15, -0.1) is 11.8 Å². The summed E-state index contributed by atoms with van der Waals surface area (Å²) in [6.45, 7) is 6.03. The van der Waals surface area contributed by atoms with Crippen molar-refractivity contribution in [1.29, 1.82) is 0 Å². The van der Waals surface area contributed by atoms with Crippen molar-refractivity contribution in [1.82, 2.24) is 5.32 Å². The Labute approximate surface area is 102 Å². The maximum absolute atomic E-state index is 9.53. The summed E-state index contributed by atoms with van der Waals surface area (Å²) < 4.78 is 0. The molecule has 90 valence electrons. The first-order valence-corrected chi connectivity index (χ1v) is 6.55. The Morgan fingerprint density at radius 3 is 2.38 bits per heavy atom. The molecule has 1 aromatic rings. The highest BCUT2D eigenvalue weighted by molar-refractivity contribution is 8.00. The standard InChI is InChI=1S/C13H21NOS/c1-9(14-4)12-7-5-6-8-13(12)16-11(3)10(2)15/h5-11,14-15H,1-4H3. The molecule has 0 saturated heterocycles. The Bertz CT molecular complexity index is 327. The van der Waals surface area contributed by atoms with Crippen LogP contribution in [0.25, 0.3) is 0 Å². The Morgan fingerprint density at radius 2 is 1.81 bits per heavy atom. The van der Waals surface area contributed by atoms with Crippen LogP contribution in [0.2, 0.25) is 0 Å². The minimum absolute atomic E-state index is 0.213. The molecule has 0 saturated carbocycles. The van der Waals surface area contributed by atoms with Crippen LogP contribution < -0.4 is 5.32 Å². The van der Waals surface area contributed by atoms with E-state index in [-0.39, 0.29) is 11.4 Å². The SMILES string of the molecule is CNC(C)c1ccccc1SC(C)C(C)O. The number of benzene rings is 1. The normalized spacial score (nSPS) is 16.8. The van der Waals surface area contributed by atoms with Crippen molar-refractivity contribution in [2.45, 2.75) is 43.1 Å². The van der Waals surface area contributed by atoms with Gasteiger partial charge in [0, 0.05) is 16.2 Å². The fourth-order valence-electron chi connectivity index (χ4n) is 1.40. The van der Waals surface area contributed by atoms with Gasteiger partial charge in [0.15, 0.2) is 0 Å². The molecule has 1 rings (SSSR count). The van der Waals surface area contributed by atoms with Gasteiger partial charge in [0.05, 0.1) is 6.10 Å². The van der Waals surface area contributed by atoms with E-state index < -0.39 is 0 Å². The van der Waals surface area contributed by atoms with Gasteiger partial charge in [-0.25, -0.2) is 0 Å². The van der Waals surface area contributed by atoms with Crippen molar-refractivity contribution >= 4 is 11.8 Å². The minimum Gasteiger partial charge on any atom is -0.392 e. The lowest BCUT2D eigenvalue weighted by Crippen LogP contribution is -2.17. The Hall–Kier alpha value is -0.510. The summed E-state index contributed by atoms with van der Waals surface area (Å²) in [5.41, 5.74) is 1.29. The summed E-state index contributed by atoms with van der Waals surface area (Å²) in [5, 5.41) is 13.0. The topological polar surface area (TPSA) is 32.3 Å². The quantitative estimate of drug-likeness (QED) is 0.775. The largest absolute Gasteiger partial charge is 0.392 e. The third-order valence-corrected chi connectivity index (χ3v) is 4.20. The predicted octanol–water partition coefficient (Wildman–Crippen LogP) is 2.83. The minimum atomic E-state index is -0.289. The smallest absolute Gasteiger partial charge is 0.0631 e. The van der Waals surface area contributed by atoms with Gasteiger partial charge in [0.2, 0.25) is 0 Å². The lowest BCUT2D eigenvalue weighted by atomic mass is 10.1. The monoisotopic (exact) mass is 239 g/mol. The van der Waals surface area contributed by atoms with Crippen molar-refractivity contribution < 1.29 is 5.11 Å². The molecule has 0 aromatic heterocycles. The molecule has 0 spiro atoms. The molecule has 0 aliphatic carbocycles. The van der Waals surface area contributed by atoms with Crippen LogP contribution in [-0.2, 0) is 0 Å². The highest BCUT2D eigenvalue weighted by atomic mass is 32.2. The van der Waals surface area contributed by atoms with E-state index in [1.54, 1.807) is 11.8 Å². The molecule has 2 nitrogen and oxygen atoms in total. The van der Waals surface area contributed by atoms with Crippen LogP contribution in [0.4, 0.5) is 0 Å². The zero-order valence-electron chi connectivity index (χ0n) is 10.4. The summed E-state index contributed by atoms with van der Waals surface area (Å²) in [4.78, 5) is 1.25. The molecule has 3 unspecified atom stereocenters. The number of aliphatic hydroxyl groups excluding tert-OH is 1. The van der Waals surface area contributed by atoms with E-state index in [2.05, 4.69) is 37.4 Å². The average molecular weight is 239 g/mol. The van der Waals surface area contributed by atoms with Gasteiger partial charge < -0.3 is 10.4 Å². The first-order chi connectivity index (χ1) is 7.56. The molecule has 3 heteroatoms. The van der Waals surface area contributed by atoms with Crippen LogP contribution in [0.15, 0.2) is 29.2 Å². The number of nitrogens with one attached hydrogen (secondary N) is 1. The molecule has 3 atom stereocenters. The number of aliphatic hydroxyl groups is 1. The Morgan fingerprint density at radius 1 is 1.19 bits per heavy atom. The summed E-state index contributed by atoms with van der Waals surface area (Å²) in [6.07, 6.45) is -0.289. The van der Waals surface area contributed by atoms with Crippen LogP contribution >= 0.6 is 11.8 Å². The van der Waals surface area contributed by atoms with Crippen molar-refractivity contribution in [3.05, 3.63) is 29.8 Å². The van der Waals surface area contributed by atoms with Crippen LogP contribution in [-0.4, -0.2) is 23.5 Å². The second kappa shape index (κ2) is 6.28. The molecule has 0 aliphatic heterocycles. The van der Waals surface area contributed by atoms with Crippen LogP contribution in [0, 0.1) is 0 Å². The molecule has 0 bridgehead atoms. The first kappa shape index (κ1) is 13.6. The maximum atomic E-state index is 9.53. The lowest BCUT2D eigenvalue weighted by Gasteiger charge is -2.19. The average Bonchev–Trinajstić information content (AvgIpc) is 2.28. The molecule has 0 fully saturated rings. The van der Waals surface area contributed by atoms with Gasteiger partial charge in [-0.3, -0.25) is 0 Å². The Balaban J connectivity index is 2.86. The number of hydrogen-bond donors (Lipinski definition) is 2. The van der Waals surface area contributed by atoms with Crippen molar-refractivity contribution in [2.75, 3.05) is 7.05 Å². The summed E-state index contributed by atoms with van der Waals surface area (Å²) in [7, 11) is 1.96. The van der Waals surface area contributed by atoms with Gasteiger partial charge in [-0.2, -0.15) is 0 Å². The van der Waals surface area contributed by atoms with E-state index in [9.17, 15) is 5.11 Å². The molecular formula is C13H21NOS. The van der Waals surface area contributed by atoms with Crippen LogP contribution in [0.3, 0.4) is 0 Å². The molecule has 0 heterocycles. The van der Waals surface area contributed by atoms with Crippen molar-refractivity contribution in [3.63, 3.8) is 0 Å². The fraction of sp³-hybridized carbons (Fsp3) is 0.538. The van der Waals surface area contributed by atoms with Gasteiger partial charge in [-0.1, -0.05) is 25.1 Å². The molecule has 0 radical (unpaired) electrons. The lowest BCUT2D eigenvalue weighted by molar-refractivity contribution is 0.196. The predicted molar refractivity (Wildman–Crippen MR) is 70.9 cm³/mol. The molecule has 0 aliphatic rings. The maximum Gasteiger partial charge on any atom is 0.0631 e. The zero-order valence-corrected chi connectivity index (χ0v) is 11.2. The second-order valence-corrected chi connectivity index (χ2v) is 5.53. The van der Waals surface area contributed by atoms with Crippen LogP contribution in [0.1, 0.15) is 32.4 Å². The van der Waals surface area contributed by atoms with Gasteiger partial charge in [0.25, 0.3) is 0 Å². The van der Waals surface area contributed by atoms with E-state index in [1.807, 2.05) is 20.0 Å². The molecule has 16 heavy (non-hydrogen) atoms. The third-order valence-electron chi connectivity index (χ3n) is 2.81. The number of hydrogen-bond acceptors (Lipinski definition) is 3. The van der Waals surface area contributed by atoms with E-state index in [4.69, 9.17) is 0 Å². The molecule has 2 N–H and O–H groups in total. The number of rotatable bonds is 5. The zero-order chi connectivity index (χ0) is 12.1. The van der Waals surface area contributed by atoms with Crippen molar-refractivity contribution in [2.24, 2.45) is 0 Å². The van der Waals surface area contributed by atoms with Gasteiger partial charge in [0.1, 0.15) is 0 Å².